The van der Waals surface area contributed by atoms with Crippen LogP contribution in [0, 0.1) is 0 Å². The second-order valence-corrected chi connectivity index (χ2v) is 6.90. The number of benzene rings is 2. The van der Waals surface area contributed by atoms with E-state index < -0.39 is 0 Å². The van der Waals surface area contributed by atoms with E-state index in [1.54, 1.807) is 7.11 Å². The standard InChI is InChI=1S/C23H22N4O3/c1-30-21-9-5-3-7-18(21)20-12-23(29)27(15-26-20)14-22(28)24-11-10-16-13-25-19-8-4-2-6-17(16)19/h2-9,12-13,15,25H,10-11,14H2,1H3,(H,24,28). The van der Waals surface area contributed by atoms with Crippen molar-refractivity contribution in [1.29, 1.82) is 0 Å². The molecule has 4 aromatic rings. The van der Waals surface area contributed by atoms with E-state index in [0.717, 1.165) is 22.0 Å². The minimum atomic E-state index is -0.294. The molecule has 0 unspecified atom stereocenters. The van der Waals surface area contributed by atoms with Gasteiger partial charge in [-0.2, -0.15) is 0 Å². The summed E-state index contributed by atoms with van der Waals surface area (Å²) in [6, 6.07) is 16.8. The second kappa shape index (κ2) is 8.65. The fourth-order valence-corrected chi connectivity index (χ4v) is 3.43. The van der Waals surface area contributed by atoms with Gasteiger partial charge in [-0.05, 0) is 30.2 Å². The van der Waals surface area contributed by atoms with E-state index in [-0.39, 0.29) is 18.0 Å². The van der Waals surface area contributed by atoms with Crippen molar-refractivity contribution in [2.75, 3.05) is 13.7 Å². The summed E-state index contributed by atoms with van der Waals surface area (Å²) in [7, 11) is 1.57. The monoisotopic (exact) mass is 402 g/mol. The zero-order chi connectivity index (χ0) is 20.9. The van der Waals surface area contributed by atoms with Gasteiger partial charge in [-0.15, -0.1) is 0 Å². The maximum absolute atomic E-state index is 12.5. The van der Waals surface area contributed by atoms with Gasteiger partial charge in [0.15, 0.2) is 0 Å². The first kappa shape index (κ1) is 19.4. The summed E-state index contributed by atoms with van der Waals surface area (Å²) >= 11 is 0. The van der Waals surface area contributed by atoms with Crippen LogP contribution in [-0.4, -0.2) is 34.1 Å². The highest BCUT2D eigenvalue weighted by atomic mass is 16.5. The fraction of sp³-hybridized carbons (Fsp3) is 0.174. The van der Waals surface area contributed by atoms with Gasteiger partial charge in [-0.3, -0.25) is 14.2 Å². The van der Waals surface area contributed by atoms with Crippen molar-refractivity contribution in [3.8, 4) is 17.0 Å². The molecular formula is C23H22N4O3. The van der Waals surface area contributed by atoms with Gasteiger partial charge >= 0.3 is 0 Å². The Morgan fingerprint density at radius 1 is 1.17 bits per heavy atom. The number of aromatic amines is 1. The molecule has 2 heterocycles. The lowest BCUT2D eigenvalue weighted by Crippen LogP contribution is -2.33. The number of hydrogen-bond acceptors (Lipinski definition) is 4. The zero-order valence-corrected chi connectivity index (χ0v) is 16.6. The highest BCUT2D eigenvalue weighted by molar-refractivity contribution is 5.83. The van der Waals surface area contributed by atoms with Crippen LogP contribution in [0.4, 0.5) is 0 Å². The Morgan fingerprint density at radius 3 is 2.80 bits per heavy atom. The molecule has 1 amide bonds. The predicted octanol–water partition coefficient (Wildman–Crippen LogP) is 2.76. The first-order valence-electron chi connectivity index (χ1n) is 9.67. The number of H-pyrrole nitrogens is 1. The molecule has 0 saturated heterocycles. The third-order valence-corrected chi connectivity index (χ3v) is 4.97. The maximum Gasteiger partial charge on any atom is 0.254 e. The Hall–Kier alpha value is -3.87. The molecule has 4 rings (SSSR count). The van der Waals surface area contributed by atoms with Crippen molar-refractivity contribution in [3.63, 3.8) is 0 Å². The largest absolute Gasteiger partial charge is 0.496 e. The third kappa shape index (κ3) is 4.10. The molecule has 2 aromatic carbocycles. The molecule has 0 aliphatic heterocycles. The number of para-hydroxylation sites is 2. The summed E-state index contributed by atoms with van der Waals surface area (Å²) in [5, 5.41) is 4.02. The number of rotatable bonds is 7. The van der Waals surface area contributed by atoms with Gasteiger partial charge in [-0.25, -0.2) is 4.98 Å². The average Bonchev–Trinajstić information content (AvgIpc) is 3.18. The lowest BCUT2D eigenvalue weighted by molar-refractivity contribution is -0.121. The second-order valence-electron chi connectivity index (χ2n) is 6.90. The minimum absolute atomic E-state index is 0.0775. The summed E-state index contributed by atoms with van der Waals surface area (Å²) in [6.45, 7) is 0.411. The van der Waals surface area contributed by atoms with Gasteiger partial charge in [0.05, 0.1) is 19.1 Å². The molecule has 0 radical (unpaired) electrons. The minimum Gasteiger partial charge on any atom is -0.496 e. The average molecular weight is 402 g/mol. The lowest BCUT2D eigenvalue weighted by atomic mass is 10.1. The maximum atomic E-state index is 12.5. The molecule has 2 N–H and O–H groups in total. The van der Waals surface area contributed by atoms with E-state index in [1.165, 1.54) is 17.0 Å². The summed E-state index contributed by atoms with van der Waals surface area (Å²) in [5.74, 6) is 0.404. The van der Waals surface area contributed by atoms with Crippen molar-refractivity contribution in [3.05, 3.63) is 83.0 Å². The number of carbonyl (C=O) groups is 1. The Balaban J connectivity index is 1.38. The number of hydrogen-bond donors (Lipinski definition) is 2. The van der Waals surface area contributed by atoms with Crippen molar-refractivity contribution in [2.24, 2.45) is 0 Å². The van der Waals surface area contributed by atoms with Crippen LogP contribution in [0.2, 0.25) is 0 Å². The molecule has 7 heteroatoms. The molecule has 2 aromatic heterocycles. The van der Waals surface area contributed by atoms with E-state index in [9.17, 15) is 9.59 Å². The topological polar surface area (TPSA) is 89.0 Å². The quantitative estimate of drug-likeness (QED) is 0.497. The van der Waals surface area contributed by atoms with Gasteiger partial charge in [0.1, 0.15) is 12.3 Å². The molecule has 0 bridgehead atoms. The van der Waals surface area contributed by atoms with Crippen LogP contribution in [0.5, 0.6) is 5.75 Å². The molecule has 30 heavy (non-hydrogen) atoms. The first-order chi connectivity index (χ1) is 14.7. The molecule has 7 nitrogen and oxygen atoms in total. The molecule has 0 fully saturated rings. The number of methoxy groups -OCH3 is 1. The van der Waals surface area contributed by atoms with Crippen LogP contribution in [0.3, 0.4) is 0 Å². The van der Waals surface area contributed by atoms with Gasteiger partial charge < -0.3 is 15.0 Å². The normalized spacial score (nSPS) is 10.8. The molecule has 0 spiro atoms. The zero-order valence-electron chi connectivity index (χ0n) is 16.6. The summed E-state index contributed by atoms with van der Waals surface area (Å²) in [5.41, 5.74) is 3.16. The highest BCUT2D eigenvalue weighted by Gasteiger charge is 2.10. The van der Waals surface area contributed by atoms with Crippen LogP contribution >= 0.6 is 0 Å². The Labute approximate surface area is 173 Å². The van der Waals surface area contributed by atoms with E-state index in [1.807, 2.05) is 48.7 Å². The van der Waals surface area contributed by atoms with Crippen molar-refractivity contribution in [1.82, 2.24) is 19.9 Å². The Kier molecular flexibility index (Phi) is 5.61. The van der Waals surface area contributed by atoms with E-state index >= 15 is 0 Å². The number of carbonyl (C=O) groups excluding carboxylic acids is 1. The van der Waals surface area contributed by atoms with E-state index in [2.05, 4.69) is 21.4 Å². The summed E-state index contributed by atoms with van der Waals surface area (Å²) in [4.78, 5) is 32.3. The van der Waals surface area contributed by atoms with Crippen molar-refractivity contribution in [2.45, 2.75) is 13.0 Å². The van der Waals surface area contributed by atoms with Crippen LogP contribution in [-0.2, 0) is 17.8 Å². The molecule has 152 valence electrons. The highest BCUT2D eigenvalue weighted by Crippen LogP contribution is 2.26. The SMILES string of the molecule is COc1ccccc1-c1cc(=O)n(CC(=O)NCCc2c[nH]c3ccccc23)cn1. The van der Waals surface area contributed by atoms with Crippen molar-refractivity contribution >= 4 is 16.8 Å². The predicted molar refractivity (Wildman–Crippen MR) is 115 cm³/mol. The van der Waals surface area contributed by atoms with Gasteiger partial charge in [0.2, 0.25) is 5.91 Å². The summed E-state index contributed by atoms with van der Waals surface area (Å²) < 4.78 is 6.61. The van der Waals surface area contributed by atoms with E-state index in [0.29, 0.717) is 24.4 Å². The molecule has 0 aliphatic carbocycles. The van der Waals surface area contributed by atoms with Crippen LogP contribution in [0.1, 0.15) is 5.56 Å². The number of amides is 1. The van der Waals surface area contributed by atoms with Crippen LogP contribution < -0.4 is 15.6 Å². The Morgan fingerprint density at radius 2 is 1.97 bits per heavy atom. The third-order valence-electron chi connectivity index (χ3n) is 4.97. The van der Waals surface area contributed by atoms with Gasteiger partial charge in [-0.1, -0.05) is 30.3 Å². The van der Waals surface area contributed by atoms with Crippen LogP contribution in [0.25, 0.3) is 22.2 Å². The number of fused-ring (bicyclic) bond motifs is 1. The van der Waals surface area contributed by atoms with Crippen molar-refractivity contribution < 1.29 is 9.53 Å². The summed E-state index contributed by atoms with van der Waals surface area (Å²) in [6.07, 6.45) is 4.06. The molecule has 0 saturated carbocycles. The fourth-order valence-electron chi connectivity index (χ4n) is 3.43. The molecule has 0 aliphatic rings. The van der Waals surface area contributed by atoms with E-state index in [4.69, 9.17) is 4.74 Å². The van der Waals surface area contributed by atoms with Gasteiger partial charge in [0.25, 0.3) is 5.56 Å². The number of aromatic nitrogens is 3. The molecular weight excluding hydrogens is 380 g/mol. The van der Waals surface area contributed by atoms with Crippen LogP contribution in [0.15, 0.2) is 71.9 Å². The van der Waals surface area contributed by atoms with Gasteiger partial charge in [0, 0.05) is 35.3 Å². The smallest absolute Gasteiger partial charge is 0.254 e. The number of nitrogens with zero attached hydrogens (tertiary/aromatic N) is 2. The Bertz CT molecular complexity index is 1240. The molecule has 0 atom stereocenters. The first-order valence-corrected chi connectivity index (χ1v) is 9.67. The lowest BCUT2D eigenvalue weighted by Gasteiger charge is -2.10. The number of ether oxygens (including phenoxy) is 1. The number of nitrogens with one attached hydrogen (secondary N) is 2.